The van der Waals surface area contributed by atoms with E-state index in [2.05, 4.69) is 57.7 Å². The third kappa shape index (κ3) is 2.95. The molecule has 2 aliphatic heterocycles. The number of nitrogens with zero attached hydrogens (tertiary/aromatic N) is 3. The average Bonchev–Trinajstić information content (AvgIpc) is 3.80. The molecule has 4 heterocycles. The van der Waals surface area contributed by atoms with Crippen molar-refractivity contribution in [2.24, 2.45) is 29.1 Å². The molecule has 0 radical (unpaired) electrons. The van der Waals surface area contributed by atoms with Gasteiger partial charge in [0, 0.05) is 21.9 Å². The first kappa shape index (κ1) is 24.2. The van der Waals surface area contributed by atoms with E-state index in [1.54, 1.807) is 0 Å². The molecule has 7 aliphatic rings. The summed E-state index contributed by atoms with van der Waals surface area (Å²) in [5, 5.41) is 0. The van der Waals surface area contributed by atoms with Crippen molar-refractivity contribution in [2.75, 3.05) is 4.90 Å². The topological polar surface area (TPSA) is 38.2 Å². The monoisotopic (exact) mass is 543 g/mol. The van der Waals surface area contributed by atoms with Gasteiger partial charge in [-0.2, -0.15) is 0 Å². The van der Waals surface area contributed by atoms with Gasteiger partial charge in [0.05, 0.1) is 21.4 Å². The largest absolute Gasteiger partial charge is 0.368 e. The Balaban J connectivity index is 1.18. The molecule has 5 saturated carbocycles. The van der Waals surface area contributed by atoms with Gasteiger partial charge in [-0.25, -0.2) is 9.97 Å². The van der Waals surface area contributed by atoms with Crippen LogP contribution in [0.4, 0.5) is 5.82 Å². The summed E-state index contributed by atoms with van der Waals surface area (Å²) >= 11 is 1.91. The molecule has 0 N–H and O–H groups in total. The van der Waals surface area contributed by atoms with Crippen molar-refractivity contribution >= 4 is 33.4 Å². The Kier molecular flexibility index (Phi) is 4.52. The molecule has 0 aromatic carbocycles. The zero-order valence-corrected chi connectivity index (χ0v) is 25.4. The second kappa shape index (κ2) is 7.30. The number of rotatable bonds is 3. The first-order valence-electron chi connectivity index (χ1n) is 16.1. The highest BCUT2D eigenvalue weighted by atomic mass is 32.1. The third-order valence-corrected chi connectivity index (χ3v) is 14.2. The molecule has 0 bridgehead atoms. The normalized spacial score (nSPS) is 49.7. The van der Waals surface area contributed by atoms with Crippen LogP contribution >= 0.6 is 11.3 Å². The SMILES string of the molecule is CC=Cc1cc2nc(C3CCCCCCC3)nc(N3C4(C)CC4C4(C5CC5(C)OC5(C)CC54)C4CC43C)c2s1. The number of hydrogen-bond donors (Lipinski definition) is 0. The van der Waals surface area contributed by atoms with Crippen LogP contribution in [0.15, 0.2) is 12.1 Å². The van der Waals surface area contributed by atoms with Gasteiger partial charge in [0.15, 0.2) is 5.82 Å². The van der Waals surface area contributed by atoms with Crippen molar-refractivity contribution in [1.29, 1.82) is 0 Å². The van der Waals surface area contributed by atoms with Gasteiger partial charge in [-0.3, -0.25) is 0 Å². The molecule has 9 rings (SSSR count). The standard InChI is InChI=1S/C34H45N3OS/c1-6-12-21-15-22-27(39-21)29(36-28(35-22)20-13-10-8-7-9-11-14-20)37-30(2)16-23(30)34(24-17-31(24,37)3)25-18-32(25,4)38-33(5)19-26(33)34/h6,12,15,20,23-26H,7-11,13-14,16-19H2,1-5H3. The van der Waals surface area contributed by atoms with Crippen molar-refractivity contribution < 1.29 is 4.74 Å². The smallest absolute Gasteiger partial charge is 0.151 e. The van der Waals surface area contributed by atoms with Crippen molar-refractivity contribution in [3.05, 3.63) is 22.8 Å². The summed E-state index contributed by atoms with van der Waals surface area (Å²) in [7, 11) is 0. The molecule has 39 heavy (non-hydrogen) atoms. The van der Waals surface area contributed by atoms with E-state index in [0.29, 0.717) is 11.3 Å². The minimum Gasteiger partial charge on any atom is -0.368 e. The summed E-state index contributed by atoms with van der Waals surface area (Å²) in [6.07, 6.45) is 18.9. The molecule has 4 nitrogen and oxygen atoms in total. The van der Waals surface area contributed by atoms with Crippen molar-refractivity contribution in [3.8, 4) is 0 Å². The number of allylic oxidation sites excluding steroid dienone is 1. The Morgan fingerprint density at radius 1 is 0.846 bits per heavy atom. The van der Waals surface area contributed by atoms with Gasteiger partial charge in [-0.15, -0.1) is 11.3 Å². The number of aromatic nitrogens is 2. The number of hydrogen-bond acceptors (Lipinski definition) is 5. The van der Waals surface area contributed by atoms with Crippen LogP contribution < -0.4 is 4.90 Å². The van der Waals surface area contributed by atoms with Gasteiger partial charge in [0.2, 0.25) is 0 Å². The number of anilines is 1. The molecule has 0 amide bonds. The van der Waals surface area contributed by atoms with Gasteiger partial charge in [0.25, 0.3) is 0 Å². The zero-order chi connectivity index (χ0) is 26.6. The molecule has 1 spiro atoms. The summed E-state index contributed by atoms with van der Waals surface area (Å²) in [6, 6.07) is 2.34. The number of thiophene rings is 1. The molecule has 2 saturated heterocycles. The van der Waals surface area contributed by atoms with E-state index < -0.39 is 0 Å². The molecule has 208 valence electrons. The molecule has 2 aromatic heterocycles. The van der Waals surface area contributed by atoms with Crippen LogP contribution in [0, 0.1) is 29.1 Å². The van der Waals surface area contributed by atoms with Gasteiger partial charge in [0.1, 0.15) is 5.82 Å². The summed E-state index contributed by atoms with van der Waals surface area (Å²) in [4.78, 5) is 15.2. The highest BCUT2D eigenvalue weighted by molar-refractivity contribution is 7.20. The van der Waals surface area contributed by atoms with Gasteiger partial charge in [-0.05, 0) is 114 Å². The van der Waals surface area contributed by atoms with Crippen LogP contribution in [0.25, 0.3) is 16.3 Å². The van der Waals surface area contributed by atoms with E-state index in [1.807, 2.05) is 11.3 Å². The number of piperidine rings is 1. The lowest BCUT2D eigenvalue weighted by Gasteiger charge is -2.52. The molecular weight excluding hydrogens is 498 g/mol. The quantitative estimate of drug-likeness (QED) is 0.389. The number of ether oxygens (including phenoxy) is 1. The first-order chi connectivity index (χ1) is 18.7. The second-order valence-electron chi connectivity index (χ2n) is 15.6. The van der Waals surface area contributed by atoms with Crippen LogP contribution in [0.5, 0.6) is 0 Å². The van der Waals surface area contributed by atoms with Crippen molar-refractivity contribution in [2.45, 2.75) is 133 Å². The summed E-state index contributed by atoms with van der Waals surface area (Å²) in [5.74, 6) is 6.02. The predicted octanol–water partition coefficient (Wildman–Crippen LogP) is 8.50. The lowest BCUT2D eigenvalue weighted by molar-refractivity contribution is -0.127. The highest BCUT2D eigenvalue weighted by Crippen LogP contribution is 2.90. The van der Waals surface area contributed by atoms with E-state index in [9.17, 15) is 0 Å². The van der Waals surface area contributed by atoms with Crippen molar-refractivity contribution in [1.82, 2.24) is 9.97 Å². The zero-order valence-electron chi connectivity index (χ0n) is 24.6. The van der Waals surface area contributed by atoms with E-state index in [1.165, 1.54) is 91.5 Å². The Labute approximate surface area is 238 Å². The van der Waals surface area contributed by atoms with Crippen LogP contribution in [-0.4, -0.2) is 32.2 Å². The fourth-order valence-corrected chi connectivity index (χ4v) is 12.3. The predicted molar refractivity (Wildman–Crippen MR) is 159 cm³/mol. The van der Waals surface area contributed by atoms with Gasteiger partial charge >= 0.3 is 0 Å². The van der Waals surface area contributed by atoms with Crippen LogP contribution in [-0.2, 0) is 4.74 Å². The lowest BCUT2D eigenvalue weighted by atomic mass is 9.62. The van der Waals surface area contributed by atoms with E-state index in [4.69, 9.17) is 14.7 Å². The highest BCUT2D eigenvalue weighted by Gasteiger charge is 2.92. The molecule has 5 heteroatoms. The van der Waals surface area contributed by atoms with Crippen LogP contribution in [0.1, 0.15) is 122 Å². The maximum Gasteiger partial charge on any atom is 0.151 e. The molecule has 8 atom stereocenters. The Morgan fingerprint density at radius 3 is 2.08 bits per heavy atom. The van der Waals surface area contributed by atoms with Crippen LogP contribution in [0.2, 0.25) is 0 Å². The summed E-state index contributed by atoms with van der Waals surface area (Å²) in [6.45, 7) is 12.2. The van der Waals surface area contributed by atoms with Crippen LogP contribution in [0.3, 0.4) is 0 Å². The summed E-state index contributed by atoms with van der Waals surface area (Å²) in [5.41, 5.74) is 2.36. The second-order valence-corrected chi connectivity index (χ2v) is 16.7. The Morgan fingerprint density at radius 2 is 1.46 bits per heavy atom. The number of fused-ring (bicyclic) bond motifs is 9. The molecule has 8 unspecified atom stereocenters. The summed E-state index contributed by atoms with van der Waals surface area (Å²) < 4.78 is 8.12. The lowest BCUT2D eigenvalue weighted by Crippen LogP contribution is -2.58. The molecular formula is C34H45N3OS. The van der Waals surface area contributed by atoms with E-state index >= 15 is 0 Å². The van der Waals surface area contributed by atoms with E-state index in [0.717, 1.165) is 29.5 Å². The molecule has 7 fully saturated rings. The van der Waals surface area contributed by atoms with Gasteiger partial charge in [-0.1, -0.05) is 38.2 Å². The Bertz CT molecular complexity index is 1370. The maximum atomic E-state index is 6.79. The van der Waals surface area contributed by atoms with Gasteiger partial charge < -0.3 is 9.64 Å². The minimum absolute atomic E-state index is 0.139. The molecule has 2 aromatic rings. The fraction of sp³-hybridized carbons (Fsp3) is 0.765. The average molecular weight is 544 g/mol. The minimum atomic E-state index is 0.139. The molecule has 5 aliphatic carbocycles. The first-order valence-corrected chi connectivity index (χ1v) is 16.9. The third-order valence-electron chi connectivity index (χ3n) is 13.1. The Hall–Kier alpha value is -1.46. The fourth-order valence-electron chi connectivity index (χ4n) is 11.3. The van der Waals surface area contributed by atoms with Crippen molar-refractivity contribution in [3.63, 3.8) is 0 Å². The van der Waals surface area contributed by atoms with E-state index in [-0.39, 0.29) is 22.3 Å². The maximum absolute atomic E-state index is 6.79.